The lowest BCUT2D eigenvalue weighted by Crippen LogP contribution is -2.18. The number of carbonyl (C=O) groups is 1. The first-order valence-electron chi connectivity index (χ1n) is 10.7. The highest BCUT2D eigenvalue weighted by molar-refractivity contribution is 5.71. The van der Waals surface area contributed by atoms with Crippen LogP contribution < -0.4 is 4.74 Å². The van der Waals surface area contributed by atoms with E-state index in [4.69, 9.17) is 9.15 Å². The van der Waals surface area contributed by atoms with Gasteiger partial charge in [-0.2, -0.15) is 0 Å². The second-order valence-corrected chi connectivity index (χ2v) is 7.65. The molecule has 0 aliphatic rings. The number of nitrogens with zero attached hydrogens (tertiary/aromatic N) is 2. The normalized spacial score (nSPS) is 11.9. The number of aliphatic carboxylic acids is 1. The van der Waals surface area contributed by atoms with E-state index >= 15 is 0 Å². The maximum absolute atomic E-state index is 11.6. The third-order valence-electron chi connectivity index (χ3n) is 5.42. The Bertz CT molecular complexity index is 1130. The summed E-state index contributed by atoms with van der Waals surface area (Å²) in [6.07, 6.45) is 5.43. The number of aryl methyl sites for hydroxylation is 2. The Labute approximate surface area is 187 Å². The third-order valence-corrected chi connectivity index (χ3v) is 5.42. The van der Waals surface area contributed by atoms with Gasteiger partial charge in [0.15, 0.2) is 0 Å². The molecule has 32 heavy (non-hydrogen) atoms. The van der Waals surface area contributed by atoms with Crippen molar-refractivity contribution >= 4 is 5.97 Å². The first kappa shape index (κ1) is 21.4. The molecule has 0 amide bonds. The van der Waals surface area contributed by atoms with Gasteiger partial charge in [-0.3, -0.25) is 0 Å². The van der Waals surface area contributed by atoms with Crippen molar-refractivity contribution in [3.05, 3.63) is 96.1 Å². The zero-order chi connectivity index (χ0) is 22.3. The fourth-order valence-electron chi connectivity index (χ4n) is 3.64. The molecule has 164 valence electrons. The summed E-state index contributed by atoms with van der Waals surface area (Å²) >= 11 is 0. The van der Waals surface area contributed by atoms with E-state index in [1.165, 1.54) is 0 Å². The maximum Gasteiger partial charge on any atom is 0.326 e. The Morgan fingerprint density at radius 1 is 1.03 bits per heavy atom. The number of benzene rings is 2. The molecule has 2 aromatic carbocycles. The summed E-state index contributed by atoms with van der Waals surface area (Å²) in [6.45, 7) is 2.41. The molecule has 0 aliphatic heterocycles. The van der Waals surface area contributed by atoms with Crippen LogP contribution in [0, 0.1) is 6.92 Å². The topological polar surface area (TPSA) is 77.5 Å². The van der Waals surface area contributed by atoms with Gasteiger partial charge in [0.2, 0.25) is 5.89 Å². The minimum Gasteiger partial charge on any atom is -0.493 e. The van der Waals surface area contributed by atoms with Gasteiger partial charge in [0.1, 0.15) is 17.6 Å². The zero-order valence-electron chi connectivity index (χ0n) is 18.0. The van der Waals surface area contributed by atoms with Crippen LogP contribution in [0.4, 0.5) is 0 Å². The highest BCUT2D eigenvalue weighted by Crippen LogP contribution is 2.22. The SMILES string of the molecule is Cc1oc(-c2ccccc2)nc1CCOc1ccc(CC[C@@H](C(=O)O)n2cccc2)cc1. The van der Waals surface area contributed by atoms with Gasteiger partial charge in [0.05, 0.1) is 12.3 Å². The first-order valence-corrected chi connectivity index (χ1v) is 10.7. The van der Waals surface area contributed by atoms with Gasteiger partial charge in [-0.1, -0.05) is 30.3 Å². The maximum atomic E-state index is 11.6. The average molecular weight is 431 g/mol. The molecule has 2 aromatic heterocycles. The molecule has 1 N–H and O–H groups in total. The van der Waals surface area contributed by atoms with Gasteiger partial charge >= 0.3 is 5.97 Å². The summed E-state index contributed by atoms with van der Waals surface area (Å²) in [4.78, 5) is 16.2. The summed E-state index contributed by atoms with van der Waals surface area (Å²) in [5.41, 5.74) is 2.93. The van der Waals surface area contributed by atoms with Gasteiger partial charge in [-0.05, 0) is 61.7 Å². The van der Waals surface area contributed by atoms with E-state index in [0.717, 1.165) is 28.3 Å². The third kappa shape index (κ3) is 5.27. The molecule has 0 bridgehead atoms. The molecule has 0 radical (unpaired) electrons. The van der Waals surface area contributed by atoms with E-state index in [9.17, 15) is 9.90 Å². The van der Waals surface area contributed by atoms with Gasteiger partial charge in [-0.15, -0.1) is 0 Å². The minimum absolute atomic E-state index is 0.496. The van der Waals surface area contributed by atoms with Crippen molar-refractivity contribution in [3.63, 3.8) is 0 Å². The van der Waals surface area contributed by atoms with Crippen molar-refractivity contribution in [2.75, 3.05) is 6.61 Å². The zero-order valence-corrected chi connectivity index (χ0v) is 18.0. The summed E-state index contributed by atoms with van der Waals surface area (Å²) in [6, 6.07) is 20.8. The molecule has 0 spiro atoms. The monoisotopic (exact) mass is 430 g/mol. The fraction of sp³-hybridized carbons (Fsp3) is 0.231. The molecule has 2 heterocycles. The summed E-state index contributed by atoms with van der Waals surface area (Å²) in [5, 5.41) is 9.49. The summed E-state index contributed by atoms with van der Waals surface area (Å²) < 4.78 is 13.4. The first-order chi connectivity index (χ1) is 15.6. The number of aromatic nitrogens is 2. The van der Waals surface area contributed by atoms with Crippen LogP contribution in [0.1, 0.15) is 29.5 Å². The Balaban J connectivity index is 1.28. The van der Waals surface area contributed by atoms with E-state index < -0.39 is 12.0 Å². The molecule has 0 fully saturated rings. The van der Waals surface area contributed by atoms with Crippen LogP contribution in [-0.4, -0.2) is 27.2 Å². The van der Waals surface area contributed by atoms with Crippen LogP contribution in [-0.2, 0) is 17.6 Å². The number of hydrogen-bond acceptors (Lipinski definition) is 4. The Hall–Kier alpha value is -3.80. The van der Waals surface area contributed by atoms with Crippen LogP contribution in [0.2, 0.25) is 0 Å². The van der Waals surface area contributed by atoms with Gasteiger partial charge in [-0.25, -0.2) is 9.78 Å². The molecular formula is C26H26N2O4. The molecule has 0 saturated carbocycles. The Morgan fingerprint density at radius 2 is 1.75 bits per heavy atom. The standard InChI is InChI=1S/C26H26N2O4/c1-19-23(27-25(32-19)21-7-3-2-4-8-21)15-18-31-22-12-9-20(10-13-22)11-14-24(26(29)30)28-16-5-6-17-28/h2-10,12-13,16-17,24H,11,14-15,18H2,1H3,(H,29,30)/t24-/m0/s1. The van der Waals surface area contributed by atoms with Gasteiger partial charge in [0.25, 0.3) is 0 Å². The molecule has 1 atom stereocenters. The largest absolute Gasteiger partial charge is 0.493 e. The minimum atomic E-state index is -0.820. The van der Waals surface area contributed by atoms with Crippen LogP contribution >= 0.6 is 0 Å². The van der Waals surface area contributed by atoms with Crippen molar-refractivity contribution in [2.24, 2.45) is 0 Å². The van der Waals surface area contributed by atoms with Gasteiger partial charge in [0, 0.05) is 24.4 Å². The lowest BCUT2D eigenvalue weighted by atomic mass is 10.0. The number of oxazole rings is 1. The van der Waals surface area contributed by atoms with Crippen molar-refractivity contribution in [1.29, 1.82) is 0 Å². The van der Waals surface area contributed by atoms with Crippen molar-refractivity contribution in [2.45, 2.75) is 32.2 Å². The van der Waals surface area contributed by atoms with E-state index in [2.05, 4.69) is 4.98 Å². The molecule has 0 unspecified atom stereocenters. The van der Waals surface area contributed by atoms with E-state index in [1.54, 1.807) is 17.0 Å². The molecular weight excluding hydrogens is 404 g/mol. The molecule has 6 heteroatoms. The van der Waals surface area contributed by atoms with Crippen LogP contribution in [0.25, 0.3) is 11.5 Å². The number of rotatable bonds is 10. The molecule has 0 saturated heterocycles. The molecule has 4 rings (SSSR count). The van der Waals surface area contributed by atoms with Crippen molar-refractivity contribution < 1.29 is 19.1 Å². The van der Waals surface area contributed by atoms with Crippen molar-refractivity contribution in [1.82, 2.24) is 9.55 Å². The van der Waals surface area contributed by atoms with Crippen molar-refractivity contribution in [3.8, 4) is 17.2 Å². The van der Waals surface area contributed by atoms with E-state index in [1.807, 2.05) is 73.7 Å². The predicted molar refractivity (Wildman–Crippen MR) is 122 cm³/mol. The lowest BCUT2D eigenvalue weighted by Gasteiger charge is -2.14. The highest BCUT2D eigenvalue weighted by Gasteiger charge is 2.18. The number of carboxylic acid groups (broad SMARTS) is 1. The van der Waals surface area contributed by atoms with E-state index in [-0.39, 0.29) is 0 Å². The van der Waals surface area contributed by atoms with Crippen LogP contribution in [0.5, 0.6) is 5.75 Å². The Morgan fingerprint density at radius 3 is 2.44 bits per heavy atom. The highest BCUT2D eigenvalue weighted by atomic mass is 16.5. The second-order valence-electron chi connectivity index (χ2n) is 7.65. The summed E-state index contributed by atoms with van der Waals surface area (Å²) in [7, 11) is 0. The summed E-state index contributed by atoms with van der Waals surface area (Å²) in [5.74, 6) is 1.39. The lowest BCUT2D eigenvalue weighted by molar-refractivity contribution is -0.141. The fourth-order valence-corrected chi connectivity index (χ4v) is 3.64. The average Bonchev–Trinajstić information content (AvgIpc) is 3.46. The smallest absolute Gasteiger partial charge is 0.326 e. The van der Waals surface area contributed by atoms with E-state index in [0.29, 0.717) is 31.8 Å². The quantitative estimate of drug-likeness (QED) is 0.368. The Kier molecular flexibility index (Phi) is 6.70. The van der Waals surface area contributed by atoms with Crippen LogP contribution in [0.3, 0.4) is 0 Å². The number of hydrogen-bond donors (Lipinski definition) is 1. The predicted octanol–water partition coefficient (Wildman–Crippen LogP) is 5.33. The second kappa shape index (κ2) is 10.0. The van der Waals surface area contributed by atoms with Crippen LogP contribution in [0.15, 0.2) is 83.5 Å². The molecule has 6 nitrogen and oxygen atoms in total. The number of ether oxygens (including phenoxy) is 1. The molecule has 4 aromatic rings. The molecule has 0 aliphatic carbocycles. The number of carboxylic acids is 1. The van der Waals surface area contributed by atoms with Gasteiger partial charge < -0.3 is 18.8 Å².